The quantitative estimate of drug-likeness (QED) is 0.391. The fourth-order valence-corrected chi connectivity index (χ4v) is 1.58. The van der Waals surface area contributed by atoms with Gasteiger partial charge in [0.2, 0.25) is 5.91 Å². The van der Waals surface area contributed by atoms with Crippen molar-refractivity contribution in [2.24, 2.45) is 10.9 Å². The fourth-order valence-electron chi connectivity index (χ4n) is 1.58. The number of carbonyl (C=O) groups is 1. The zero-order valence-corrected chi connectivity index (χ0v) is 11.6. The molecule has 1 heterocycles. The summed E-state index contributed by atoms with van der Waals surface area (Å²) in [6.07, 6.45) is 6.26. The lowest BCUT2D eigenvalue weighted by Gasteiger charge is -2.14. The Hall–Kier alpha value is -1.74. The van der Waals surface area contributed by atoms with Crippen LogP contribution in [0.15, 0.2) is 4.99 Å². The van der Waals surface area contributed by atoms with Crippen LogP contribution in [0.25, 0.3) is 0 Å². The lowest BCUT2D eigenvalue weighted by molar-refractivity contribution is -0.127. The fraction of sp³-hybridized carbons (Fsp3) is 0.692. The molecular formula is C13H22N4O2. The first-order valence-corrected chi connectivity index (χ1v) is 6.37. The molecule has 0 spiro atoms. The first-order chi connectivity index (χ1) is 9.13. The molecule has 1 aliphatic heterocycles. The predicted molar refractivity (Wildman–Crippen MR) is 74.8 cm³/mol. The maximum atomic E-state index is 11.5. The van der Waals surface area contributed by atoms with Crippen LogP contribution >= 0.6 is 0 Å². The Morgan fingerprint density at radius 3 is 2.89 bits per heavy atom. The van der Waals surface area contributed by atoms with Crippen LogP contribution in [-0.4, -0.2) is 63.7 Å². The summed E-state index contributed by atoms with van der Waals surface area (Å²) < 4.78 is 5.31. The third-order valence-electron chi connectivity index (χ3n) is 2.81. The molecule has 0 aromatic rings. The highest BCUT2D eigenvalue weighted by molar-refractivity contribution is 5.84. The number of aliphatic imine (C=N–C) groups is 1. The number of terminal acetylenes is 1. The van der Waals surface area contributed by atoms with Gasteiger partial charge in [-0.05, 0) is 6.42 Å². The van der Waals surface area contributed by atoms with Gasteiger partial charge in [-0.2, -0.15) is 0 Å². The van der Waals surface area contributed by atoms with E-state index < -0.39 is 0 Å². The second kappa shape index (κ2) is 8.38. The molecule has 2 N–H and O–H groups in total. The van der Waals surface area contributed by atoms with Crippen LogP contribution in [0.1, 0.15) is 6.42 Å². The van der Waals surface area contributed by atoms with Crippen LogP contribution in [0, 0.1) is 18.3 Å². The van der Waals surface area contributed by atoms with Gasteiger partial charge in [-0.15, -0.1) is 6.42 Å². The molecule has 0 bridgehead atoms. The number of amides is 1. The molecule has 6 heteroatoms. The lowest BCUT2D eigenvalue weighted by Crippen LogP contribution is -2.41. The molecule has 0 saturated carbocycles. The standard InChI is InChI=1S/C13H22N4O2/c1-4-6-14-13(16-9-12(18)17(2)3)15-8-11-5-7-19-10-11/h1,11H,5-10H2,2-3H3,(H2,14,15,16). The molecule has 1 amide bonds. The second-order valence-electron chi connectivity index (χ2n) is 4.62. The summed E-state index contributed by atoms with van der Waals surface area (Å²) >= 11 is 0. The summed E-state index contributed by atoms with van der Waals surface area (Å²) in [5.74, 6) is 3.49. The number of nitrogens with zero attached hydrogens (tertiary/aromatic N) is 2. The predicted octanol–water partition coefficient (Wildman–Crippen LogP) is -0.720. The highest BCUT2D eigenvalue weighted by Gasteiger charge is 2.15. The van der Waals surface area contributed by atoms with E-state index in [1.807, 2.05) is 0 Å². The minimum atomic E-state index is -0.0500. The van der Waals surface area contributed by atoms with Crippen molar-refractivity contribution in [1.82, 2.24) is 15.5 Å². The highest BCUT2D eigenvalue weighted by atomic mass is 16.5. The number of carbonyl (C=O) groups excluding carboxylic acids is 1. The molecule has 1 saturated heterocycles. The van der Waals surface area contributed by atoms with Crippen LogP contribution in [-0.2, 0) is 9.53 Å². The van der Waals surface area contributed by atoms with Crippen molar-refractivity contribution < 1.29 is 9.53 Å². The molecule has 1 atom stereocenters. The monoisotopic (exact) mass is 266 g/mol. The van der Waals surface area contributed by atoms with Gasteiger partial charge >= 0.3 is 0 Å². The Kier molecular flexibility index (Phi) is 6.75. The average molecular weight is 266 g/mol. The van der Waals surface area contributed by atoms with E-state index in [9.17, 15) is 4.79 Å². The maximum absolute atomic E-state index is 11.5. The molecule has 19 heavy (non-hydrogen) atoms. The van der Waals surface area contributed by atoms with Crippen LogP contribution in [0.2, 0.25) is 0 Å². The molecule has 1 aliphatic rings. The smallest absolute Gasteiger partial charge is 0.243 e. The first-order valence-electron chi connectivity index (χ1n) is 6.37. The van der Waals surface area contributed by atoms with E-state index in [4.69, 9.17) is 11.2 Å². The Morgan fingerprint density at radius 1 is 1.53 bits per heavy atom. The number of guanidine groups is 1. The van der Waals surface area contributed by atoms with Gasteiger partial charge in [0.25, 0.3) is 0 Å². The molecule has 0 aromatic heterocycles. The third kappa shape index (κ3) is 6.11. The summed E-state index contributed by atoms with van der Waals surface area (Å²) in [6.45, 7) is 2.84. The summed E-state index contributed by atoms with van der Waals surface area (Å²) in [4.78, 5) is 17.2. The van der Waals surface area contributed by atoms with Gasteiger partial charge in [0.1, 0.15) is 6.54 Å². The molecular weight excluding hydrogens is 244 g/mol. The Bertz CT molecular complexity index is 354. The number of likely N-dealkylation sites (N-methyl/N-ethyl adjacent to an activating group) is 1. The number of ether oxygens (including phenoxy) is 1. The molecule has 0 radical (unpaired) electrons. The maximum Gasteiger partial charge on any atom is 0.243 e. The number of nitrogens with one attached hydrogen (secondary N) is 2. The van der Waals surface area contributed by atoms with Crippen LogP contribution < -0.4 is 10.6 Å². The molecule has 1 rings (SSSR count). The third-order valence-corrected chi connectivity index (χ3v) is 2.81. The van der Waals surface area contributed by atoms with Crippen molar-refractivity contribution in [3.8, 4) is 12.3 Å². The van der Waals surface area contributed by atoms with Crippen LogP contribution in [0.4, 0.5) is 0 Å². The van der Waals surface area contributed by atoms with Gasteiger partial charge in [-0.3, -0.25) is 4.79 Å². The molecule has 1 unspecified atom stereocenters. The average Bonchev–Trinajstić information content (AvgIpc) is 2.90. The normalized spacial score (nSPS) is 18.8. The van der Waals surface area contributed by atoms with Crippen molar-refractivity contribution in [1.29, 1.82) is 0 Å². The van der Waals surface area contributed by atoms with E-state index in [2.05, 4.69) is 21.5 Å². The van der Waals surface area contributed by atoms with Crippen molar-refractivity contribution >= 4 is 11.9 Å². The summed E-state index contributed by atoms with van der Waals surface area (Å²) in [5, 5.41) is 6.16. The van der Waals surface area contributed by atoms with E-state index in [0.717, 1.165) is 26.2 Å². The van der Waals surface area contributed by atoms with E-state index in [1.54, 1.807) is 14.1 Å². The topological polar surface area (TPSA) is 66.0 Å². The lowest BCUT2D eigenvalue weighted by atomic mass is 10.1. The van der Waals surface area contributed by atoms with E-state index in [1.165, 1.54) is 4.90 Å². The van der Waals surface area contributed by atoms with Crippen LogP contribution in [0.3, 0.4) is 0 Å². The van der Waals surface area contributed by atoms with Crippen molar-refractivity contribution in [2.75, 3.05) is 46.9 Å². The van der Waals surface area contributed by atoms with Crippen LogP contribution in [0.5, 0.6) is 0 Å². The second-order valence-corrected chi connectivity index (χ2v) is 4.62. The molecule has 6 nitrogen and oxygen atoms in total. The number of hydrogen-bond donors (Lipinski definition) is 2. The summed E-state index contributed by atoms with van der Waals surface area (Å²) in [6, 6.07) is 0. The van der Waals surface area contributed by atoms with Gasteiger partial charge in [0, 0.05) is 33.2 Å². The molecule has 106 valence electrons. The minimum absolute atomic E-state index is 0.0500. The van der Waals surface area contributed by atoms with Crippen molar-refractivity contribution in [2.45, 2.75) is 6.42 Å². The largest absolute Gasteiger partial charge is 0.381 e. The highest BCUT2D eigenvalue weighted by Crippen LogP contribution is 2.10. The molecule has 0 aromatic carbocycles. The Labute approximate surface area is 114 Å². The summed E-state index contributed by atoms with van der Waals surface area (Å²) in [7, 11) is 3.41. The van der Waals surface area contributed by atoms with Gasteiger partial charge in [0.05, 0.1) is 13.2 Å². The zero-order valence-electron chi connectivity index (χ0n) is 11.6. The van der Waals surface area contributed by atoms with E-state index >= 15 is 0 Å². The SMILES string of the molecule is C#CCNC(=NCC(=O)N(C)C)NCC1CCOC1. The zero-order chi connectivity index (χ0) is 14.1. The number of hydrogen-bond acceptors (Lipinski definition) is 3. The van der Waals surface area contributed by atoms with Crippen molar-refractivity contribution in [3.63, 3.8) is 0 Å². The summed E-state index contributed by atoms with van der Waals surface area (Å²) in [5.41, 5.74) is 0. The Balaban J connectivity index is 2.42. The number of rotatable bonds is 5. The van der Waals surface area contributed by atoms with Gasteiger partial charge < -0.3 is 20.3 Å². The van der Waals surface area contributed by atoms with Gasteiger partial charge in [-0.25, -0.2) is 4.99 Å². The van der Waals surface area contributed by atoms with Gasteiger partial charge in [0.15, 0.2) is 5.96 Å². The van der Waals surface area contributed by atoms with Gasteiger partial charge in [-0.1, -0.05) is 5.92 Å². The minimum Gasteiger partial charge on any atom is -0.381 e. The molecule has 0 aliphatic carbocycles. The van der Waals surface area contributed by atoms with E-state index in [0.29, 0.717) is 18.4 Å². The van der Waals surface area contributed by atoms with E-state index in [-0.39, 0.29) is 12.5 Å². The first kappa shape index (κ1) is 15.3. The Morgan fingerprint density at radius 2 is 2.32 bits per heavy atom. The van der Waals surface area contributed by atoms with Crippen molar-refractivity contribution in [3.05, 3.63) is 0 Å². The molecule has 1 fully saturated rings.